The number of carbonyl (C=O) groups is 2. The number of aryl methyl sites for hydroxylation is 1. The number of hydrogen-bond donors (Lipinski definition) is 1. The quantitative estimate of drug-likeness (QED) is 0.860. The third-order valence-electron chi connectivity index (χ3n) is 4.85. The van der Waals surface area contributed by atoms with Gasteiger partial charge in [-0.15, -0.1) is 11.3 Å². The first kappa shape index (κ1) is 18.4. The summed E-state index contributed by atoms with van der Waals surface area (Å²) in [7, 11) is 3.39. The molecule has 7 heteroatoms. The number of hydrogen-bond acceptors (Lipinski definition) is 5. The lowest BCUT2D eigenvalue weighted by Gasteiger charge is -2.32. The largest absolute Gasteiger partial charge is 0.379 e. The number of nitrogens with one attached hydrogen (secondary N) is 1. The third-order valence-corrected chi connectivity index (χ3v) is 5.93. The molecule has 25 heavy (non-hydrogen) atoms. The van der Waals surface area contributed by atoms with Crippen LogP contribution in [0.2, 0.25) is 0 Å². The molecule has 1 fully saturated rings. The van der Waals surface area contributed by atoms with Crippen molar-refractivity contribution in [3.05, 3.63) is 21.4 Å². The van der Waals surface area contributed by atoms with Crippen molar-refractivity contribution in [1.82, 2.24) is 10.2 Å². The average molecular weight is 366 g/mol. The van der Waals surface area contributed by atoms with E-state index in [0.717, 1.165) is 24.8 Å². The van der Waals surface area contributed by atoms with Gasteiger partial charge in [0.25, 0.3) is 5.91 Å². The van der Waals surface area contributed by atoms with E-state index in [-0.39, 0.29) is 30.6 Å². The van der Waals surface area contributed by atoms with Crippen molar-refractivity contribution in [1.29, 1.82) is 0 Å². The lowest BCUT2D eigenvalue weighted by Crippen LogP contribution is -2.50. The molecule has 1 aromatic rings. The van der Waals surface area contributed by atoms with Crippen molar-refractivity contribution in [3.63, 3.8) is 0 Å². The van der Waals surface area contributed by atoms with Crippen molar-refractivity contribution >= 4 is 23.2 Å². The average Bonchev–Trinajstić information content (AvgIpc) is 3.04. The van der Waals surface area contributed by atoms with E-state index in [1.54, 1.807) is 25.4 Å². The van der Waals surface area contributed by atoms with Crippen LogP contribution in [0.3, 0.4) is 0 Å². The first-order valence-electron chi connectivity index (χ1n) is 8.86. The molecule has 1 aromatic heterocycles. The minimum atomic E-state index is -0.295. The Morgan fingerprint density at radius 2 is 2.16 bits per heavy atom. The summed E-state index contributed by atoms with van der Waals surface area (Å²) >= 11 is 1.69. The predicted octanol–water partition coefficient (Wildman–Crippen LogP) is 1.62. The fraction of sp³-hybridized carbons (Fsp3) is 0.667. The molecule has 1 aliphatic heterocycles. The van der Waals surface area contributed by atoms with Crippen molar-refractivity contribution in [2.24, 2.45) is 0 Å². The molecule has 1 N–H and O–H groups in total. The number of carbonyl (C=O) groups excluding carboxylic acids is 2. The molecule has 1 aliphatic carbocycles. The molecule has 0 spiro atoms. The van der Waals surface area contributed by atoms with Crippen molar-refractivity contribution in [2.45, 2.75) is 44.2 Å². The van der Waals surface area contributed by atoms with Crippen LogP contribution in [0, 0.1) is 0 Å². The third kappa shape index (κ3) is 4.40. The fourth-order valence-electron chi connectivity index (χ4n) is 3.28. The second kappa shape index (κ2) is 8.29. The highest BCUT2D eigenvalue weighted by Gasteiger charge is 2.30. The Hall–Kier alpha value is -1.44. The molecular formula is C18H26N2O4S. The van der Waals surface area contributed by atoms with Gasteiger partial charge in [-0.2, -0.15) is 0 Å². The molecule has 2 atom stereocenters. The summed E-state index contributed by atoms with van der Waals surface area (Å²) in [5.74, 6) is -0.124. The molecule has 0 bridgehead atoms. The predicted molar refractivity (Wildman–Crippen MR) is 96.1 cm³/mol. The van der Waals surface area contributed by atoms with Gasteiger partial charge in [-0.3, -0.25) is 9.59 Å². The molecule has 2 heterocycles. The highest BCUT2D eigenvalue weighted by atomic mass is 32.1. The smallest absolute Gasteiger partial charge is 0.252 e. The molecule has 3 rings (SSSR count). The highest BCUT2D eigenvalue weighted by molar-refractivity contribution is 7.10. The zero-order valence-corrected chi connectivity index (χ0v) is 15.7. The zero-order valence-electron chi connectivity index (χ0n) is 14.9. The maximum absolute atomic E-state index is 12.8. The Kier molecular flexibility index (Phi) is 6.09. The number of amides is 2. The number of rotatable bonds is 5. The number of nitrogens with zero attached hydrogens (tertiary/aromatic N) is 1. The van der Waals surface area contributed by atoms with Crippen LogP contribution in [0.5, 0.6) is 0 Å². The number of thiophene rings is 1. The van der Waals surface area contributed by atoms with Gasteiger partial charge in [0.05, 0.1) is 18.2 Å². The summed E-state index contributed by atoms with van der Waals surface area (Å²) in [6.45, 7) is 0.989. The molecule has 0 radical (unpaired) electrons. The van der Waals surface area contributed by atoms with Crippen LogP contribution >= 0.6 is 11.3 Å². The molecule has 2 aliphatic rings. The Bertz CT molecular complexity index is 629. The van der Waals surface area contributed by atoms with E-state index in [2.05, 4.69) is 5.32 Å². The summed E-state index contributed by atoms with van der Waals surface area (Å²) in [5, 5.41) is 5.09. The molecule has 0 aromatic carbocycles. The first-order valence-corrected chi connectivity index (χ1v) is 9.74. The van der Waals surface area contributed by atoms with Gasteiger partial charge in [0.2, 0.25) is 5.91 Å². The van der Waals surface area contributed by atoms with Crippen molar-refractivity contribution < 1.29 is 19.1 Å². The van der Waals surface area contributed by atoms with Crippen LogP contribution < -0.4 is 5.32 Å². The van der Waals surface area contributed by atoms with E-state index in [9.17, 15) is 9.59 Å². The van der Waals surface area contributed by atoms with E-state index in [0.29, 0.717) is 19.6 Å². The Morgan fingerprint density at radius 3 is 2.96 bits per heavy atom. The first-order chi connectivity index (χ1) is 12.1. The number of fused-ring (bicyclic) bond motifs is 1. The molecule has 2 amide bonds. The fourth-order valence-corrected chi connectivity index (χ4v) is 4.40. The maximum Gasteiger partial charge on any atom is 0.252 e. The SMILES string of the molecule is CN(C)C(=O)CO[C@@H]1COCC[C@H]1NC(=O)c1csc2c1CCCC2. The van der Waals surface area contributed by atoms with E-state index in [4.69, 9.17) is 9.47 Å². The topological polar surface area (TPSA) is 67.9 Å². The highest BCUT2D eigenvalue weighted by Crippen LogP contribution is 2.30. The Balaban J connectivity index is 1.62. The summed E-state index contributed by atoms with van der Waals surface area (Å²) in [6, 6.07) is -0.129. The van der Waals surface area contributed by atoms with Gasteiger partial charge in [-0.25, -0.2) is 0 Å². The Labute approximate surface area is 152 Å². The number of ether oxygens (including phenoxy) is 2. The standard InChI is InChI=1S/C18H26N2O4S/c1-20(2)17(21)10-24-15-9-23-8-7-14(15)19-18(22)13-11-25-16-6-4-3-5-12(13)16/h11,14-15H,3-10H2,1-2H3,(H,19,22)/t14-,15-/m1/s1. The van der Waals surface area contributed by atoms with Gasteiger partial charge in [0, 0.05) is 31.0 Å². The molecular weight excluding hydrogens is 340 g/mol. The number of likely N-dealkylation sites (N-methyl/N-ethyl adjacent to an activating group) is 1. The summed E-state index contributed by atoms with van der Waals surface area (Å²) < 4.78 is 11.2. The van der Waals surface area contributed by atoms with Gasteiger partial charge >= 0.3 is 0 Å². The van der Waals surface area contributed by atoms with E-state index < -0.39 is 0 Å². The molecule has 6 nitrogen and oxygen atoms in total. The van der Waals surface area contributed by atoms with Crippen molar-refractivity contribution in [3.8, 4) is 0 Å². The summed E-state index contributed by atoms with van der Waals surface area (Å²) in [4.78, 5) is 27.3. The molecule has 1 saturated heterocycles. The summed E-state index contributed by atoms with van der Waals surface area (Å²) in [5.41, 5.74) is 2.04. The van der Waals surface area contributed by atoms with Gasteiger partial charge in [0.15, 0.2) is 0 Å². The van der Waals surface area contributed by atoms with Gasteiger partial charge in [-0.1, -0.05) is 0 Å². The maximum atomic E-state index is 12.8. The van der Waals surface area contributed by atoms with Crippen molar-refractivity contribution in [2.75, 3.05) is 33.9 Å². The minimum absolute atomic E-state index is 0.00124. The summed E-state index contributed by atoms with van der Waals surface area (Å²) in [6.07, 6.45) is 4.84. The van der Waals surface area contributed by atoms with Gasteiger partial charge < -0.3 is 19.7 Å². The lowest BCUT2D eigenvalue weighted by atomic mass is 9.95. The lowest BCUT2D eigenvalue weighted by molar-refractivity contribution is -0.140. The molecule has 138 valence electrons. The van der Waals surface area contributed by atoms with E-state index >= 15 is 0 Å². The second-order valence-electron chi connectivity index (χ2n) is 6.84. The van der Waals surface area contributed by atoms with Crippen LogP contribution in [-0.2, 0) is 27.1 Å². The van der Waals surface area contributed by atoms with E-state index in [1.165, 1.54) is 21.8 Å². The van der Waals surface area contributed by atoms with Crippen LogP contribution in [0.15, 0.2) is 5.38 Å². The zero-order chi connectivity index (χ0) is 17.8. The monoisotopic (exact) mass is 366 g/mol. The minimum Gasteiger partial charge on any atom is -0.379 e. The van der Waals surface area contributed by atoms with Gasteiger partial charge in [0.1, 0.15) is 12.7 Å². The van der Waals surface area contributed by atoms with Crippen LogP contribution in [0.25, 0.3) is 0 Å². The second-order valence-corrected chi connectivity index (χ2v) is 7.80. The van der Waals surface area contributed by atoms with E-state index in [1.807, 2.05) is 5.38 Å². The van der Waals surface area contributed by atoms with Gasteiger partial charge in [-0.05, 0) is 37.7 Å². The van der Waals surface area contributed by atoms with Crippen LogP contribution in [0.1, 0.15) is 40.1 Å². The Morgan fingerprint density at radius 1 is 1.36 bits per heavy atom. The van der Waals surface area contributed by atoms with Crippen LogP contribution in [0.4, 0.5) is 0 Å². The normalized spacial score (nSPS) is 23.0. The molecule has 0 saturated carbocycles. The molecule has 0 unspecified atom stereocenters. The van der Waals surface area contributed by atoms with Crippen LogP contribution in [-0.4, -0.2) is 62.8 Å².